The van der Waals surface area contributed by atoms with E-state index in [0.29, 0.717) is 12.2 Å². The first kappa shape index (κ1) is 25.5. The average molecular weight is 483 g/mol. The van der Waals surface area contributed by atoms with Crippen LogP contribution in [0.1, 0.15) is 35.7 Å². The summed E-state index contributed by atoms with van der Waals surface area (Å²) in [7, 11) is -3.60. The van der Waals surface area contributed by atoms with E-state index < -0.39 is 40.0 Å². The molecular weight excluding hydrogens is 459 g/mol. The normalized spacial score (nSPS) is 12.2. The summed E-state index contributed by atoms with van der Waals surface area (Å²) in [6, 6.07) is 5.61. The lowest BCUT2D eigenvalue weighted by molar-refractivity contribution is -0.139. The molecule has 1 amide bonds. The van der Waals surface area contributed by atoms with Gasteiger partial charge >= 0.3 is 5.97 Å². The Morgan fingerprint density at radius 2 is 1.88 bits per heavy atom. The molecule has 8 nitrogen and oxygen atoms in total. The van der Waals surface area contributed by atoms with Crippen molar-refractivity contribution in [3.8, 4) is 0 Å². The van der Waals surface area contributed by atoms with Crippen molar-refractivity contribution in [3.05, 3.63) is 59.7 Å². The quantitative estimate of drug-likeness (QED) is 0.472. The fourth-order valence-electron chi connectivity index (χ4n) is 2.71. The number of nitrogens with one attached hydrogen (secondary N) is 1. The molecule has 0 saturated carbocycles. The molecular formula is C21H23FN2O6S2. The van der Waals surface area contributed by atoms with Gasteiger partial charge in [-0.2, -0.15) is 0 Å². The second-order valence-electron chi connectivity index (χ2n) is 6.94. The molecule has 0 saturated heterocycles. The molecule has 0 radical (unpaired) electrons. The molecule has 0 fully saturated rings. The van der Waals surface area contributed by atoms with Crippen LogP contribution in [-0.2, 0) is 25.2 Å². The van der Waals surface area contributed by atoms with E-state index >= 15 is 0 Å². The third kappa shape index (κ3) is 7.72. The molecule has 0 aliphatic carbocycles. The number of halogens is 1. The van der Waals surface area contributed by atoms with Gasteiger partial charge in [0.05, 0.1) is 34.4 Å². The fraction of sp³-hybridized carbons (Fsp3) is 0.333. The summed E-state index contributed by atoms with van der Waals surface area (Å²) >= 11 is 1.20. The Hall–Kier alpha value is -2.79. The highest BCUT2D eigenvalue weighted by molar-refractivity contribution is 7.99. The van der Waals surface area contributed by atoms with Crippen LogP contribution >= 0.6 is 11.8 Å². The molecule has 0 bridgehead atoms. The first-order valence-electron chi connectivity index (χ1n) is 9.67. The minimum absolute atomic E-state index is 0.0707. The van der Waals surface area contributed by atoms with Crippen LogP contribution in [0.4, 0.5) is 4.39 Å². The maximum absolute atomic E-state index is 13.0. The van der Waals surface area contributed by atoms with E-state index in [4.69, 9.17) is 5.11 Å². The maximum Gasteiger partial charge on any atom is 0.305 e. The SMILES string of the molecule is CCCS(=O)(=O)c1cncc(C(=O)N[C@@H](CC(=O)O)C(=O)CSCc2ccc(F)cc2)c1. The number of carboxylic acids is 1. The minimum atomic E-state index is -3.60. The number of ketones is 1. The van der Waals surface area contributed by atoms with E-state index in [-0.39, 0.29) is 27.8 Å². The van der Waals surface area contributed by atoms with E-state index in [2.05, 4.69) is 10.3 Å². The van der Waals surface area contributed by atoms with Gasteiger partial charge in [-0.1, -0.05) is 19.1 Å². The summed E-state index contributed by atoms with van der Waals surface area (Å²) in [6.07, 6.45) is 2.05. The van der Waals surface area contributed by atoms with Crippen molar-refractivity contribution in [1.82, 2.24) is 10.3 Å². The predicted molar refractivity (Wildman–Crippen MR) is 118 cm³/mol. The van der Waals surface area contributed by atoms with Crippen LogP contribution in [0.3, 0.4) is 0 Å². The number of carboxylic acid groups (broad SMARTS) is 1. The average Bonchev–Trinajstić information content (AvgIpc) is 2.74. The number of hydrogen-bond acceptors (Lipinski definition) is 7. The minimum Gasteiger partial charge on any atom is -0.481 e. The largest absolute Gasteiger partial charge is 0.481 e. The number of aromatic nitrogens is 1. The van der Waals surface area contributed by atoms with Crippen molar-refractivity contribution in [1.29, 1.82) is 0 Å². The number of amides is 1. The second-order valence-corrected chi connectivity index (χ2v) is 10.0. The number of thioether (sulfide) groups is 1. The first-order valence-corrected chi connectivity index (χ1v) is 12.5. The highest BCUT2D eigenvalue weighted by Gasteiger charge is 2.25. The Bertz CT molecular complexity index is 1070. The van der Waals surface area contributed by atoms with Crippen molar-refractivity contribution in [3.63, 3.8) is 0 Å². The van der Waals surface area contributed by atoms with Crippen molar-refractivity contribution in [2.75, 3.05) is 11.5 Å². The second kappa shape index (κ2) is 11.7. The number of Topliss-reactive ketones (excluding diaryl/α,β-unsaturated/α-hetero) is 1. The van der Waals surface area contributed by atoms with Crippen LogP contribution in [0.15, 0.2) is 47.6 Å². The Balaban J connectivity index is 2.06. The molecule has 2 rings (SSSR count). The Morgan fingerprint density at radius 1 is 1.19 bits per heavy atom. The van der Waals surface area contributed by atoms with E-state index in [1.807, 2.05) is 0 Å². The molecule has 32 heavy (non-hydrogen) atoms. The zero-order valence-corrected chi connectivity index (χ0v) is 18.9. The van der Waals surface area contributed by atoms with Crippen molar-refractivity contribution in [2.24, 2.45) is 0 Å². The number of carbonyl (C=O) groups is 3. The van der Waals surface area contributed by atoms with Gasteiger partial charge in [-0.05, 0) is 30.2 Å². The summed E-state index contributed by atoms with van der Waals surface area (Å²) in [6.45, 7) is 1.71. The lowest BCUT2D eigenvalue weighted by Gasteiger charge is -2.16. The number of carbonyl (C=O) groups excluding carboxylic acids is 2. The summed E-state index contributed by atoms with van der Waals surface area (Å²) in [5.41, 5.74) is 0.698. The molecule has 11 heteroatoms. The fourth-order valence-corrected chi connectivity index (χ4v) is 4.95. The topological polar surface area (TPSA) is 130 Å². The molecule has 2 aromatic rings. The van der Waals surface area contributed by atoms with Gasteiger partial charge in [0.15, 0.2) is 15.6 Å². The number of benzene rings is 1. The number of aliphatic carboxylic acids is 1. The van der Waals surface area contributed by atoms with E-state index in [9.17, 15) is 27.2 Å². The van der Waals surface area contributed by atoms with Gasteiger partial charge in [-0.25, -0.2) is 12.8 Å². The number of hydrogen-bond donors (Lipinski definition) is 2. The zero-order valence-electron chi connectivity index (χ0n) is 17.3. The van der Waals surface area contributed by atoms with Crippen LogP contribution in [0.2, 0.25) is 0 Å². The van der Waals surface area contributed by atoms with Gasteiger partial charge in [0.2, 0.25) is 0 Å². The summed E-state index contributed by atoms with van der Waals surface area (Å²) in [5, 5.41) is 11.5. The van der Waals surface area contributed by atoms with E-state index in [0.717, 1.165) is 24.0 Å². The first-order chi connectivity index (χ1) is 15.1. The number of pyridine rings is 1. The van der Waals surface area contributed by atoms with Crippen molar-refractivity contribution in [2.45, 2.75) is 36.5 Å². The molecule has 0 unspecified atom stereocenters. The smallest absolute Gasteiger partial charge is 0.305 e. The van der Waals surface area contributed by atoms with Gasteiger partial charge in [0, 0.05) is 18.1 Å². The van der Waals surface area contributed by atoms with Crippen LogP contribution in [0, 0.1) is 5.82 Å². The molecule has 1 atom stereocenters. The third-order valence-corrected chi connectivity index (χ3v) is 7.22. The molecule has 1 aromatic heterocycles. The predicted octanol–water partition coefficient (Wildman–Crippen LogP) is 2.48. The number of nitrogens with zero attached hydrogens (tertiary/aromatic N) is 1. The van der Waals surface area contributed by atoms with Gasteiger partial charge in [-0.3, -0.25) is 19.4 Å². The lowest BCUT2D eigenvalue weighted by atomic mass is 10.1. The maximum atomic E-state index is 13.0. The van der Waals surface area contributed by atoms with Gasteiger partial charge in [-0.15, -0.1) is 11.8 Å². The number of sulfone groups is 1. The van der Waals surface area contributed by atoms with Crippen molar-refractivity contribution >= 4 is 39.3 Å². The molecule has 1 heterocycles. The summed E-state index contributed by atoms with van der Waals surface area (Å²) < 4.78 is 37.4. The lowest BCUT2D eigenvalue weighted by Crippen LogP contribution is -2.43. The highest BCUT2D eigenvalue weighted by Crippen LogP contribution is 2.15. The monoisotopic (exact) mass is 482 g/mol. The van der Waals surface area contributed by atoms with Gasteiger partial charge in [0.1, 0.15) is 5.82 Å². The summed E-state index contributed by atoms with van der Waals surface area (Å²) in [5.74, 6) is -2.72. The van der Waals surface area contributed by atoms with Crippen LogP contribution in [0.5, 0.6) is 0 Å². The standard InChI is InChI=1S/C21H23FN2O6S2/c1-2-7-32(29,30)17-8-15(10-23-11-17)21(28)24-18(9-20(26)27)19(25)13-31-12-14-3-5-16(22)6-4-14/h3-6,8,10-11,18H,2,7,9,12-13H2,1H3,(H,24,28)(H,26,27)/t18-/m0/s1. The third-order valence-electron chi connectivity index (χ3n) is 4.31. The number of rotatable bonds is 12. The molecule has 0 spiro atoms. The Labute approximate surface area is 189 Å². The highest BCUT2D eigenvalue weighted by atomic mass is 32.2. The summed E-state index contributed by atoms with van der Waals surface area (Å²) in [4.78, 5) is 39.9. The van der Waals surface area contributed by atoms with Crippen molar-refractivity contribution < 1.29 is 32.3 Å². The zero-order chi connectivity index (χ0) is 23.7. The molecule has 0 aliphatic heterocycles. The van der Waals surface area contributed by atoms with Gasteiger partial charge < -0.3 is 10.4 Å². The van der Waals surface area contributed by atoms with E-state index in [1.165, 1.54) is 23.9 Å². The van der Waals surface area contributed by atoms with Gasteiger partial charge in [0.25, 0.3) is 5.91 Å². The Morgan fingerprint density at radius 3 is 2.50 bits per heavy atom. The molecule has 1 aromatic carbocycles. The van der Waals surface area contributed by atoms with E-state index in [1.54, 1.807) is 19.1 Å². The molecule has 2 N–H and O–H groups in total. The Kier molecular flexibility index (Phi) is 9.33. The van der Waals surface area contributed by atoms with Crippen LogP contribution < -0.4 is 5.32 Å². The van der Waals surface area contributed by atoms with Crippen LogP contribution in [-0.4, -0.2) is 53.7 Å². The molecule has 0 aliphatic rings. The van der Waals surface area contributed by atoms with Crippen LogP contribution in [0.25, 0.3) is 0 Å². The molecule has 172 valence electrons.